The summed E-state index contributed by atoms with van der Waals surface area (Å²) in [6, 6.07) is 6.79. The number of ether oxygens (including phenoxy) is 1. The smallest absolute Gasteiger partial charge is 0.143 e. The molecule has 0 bridgehead atoms. The quantitative estimate of drug-likeness (QED) is 0.887. The van der Waals surface area contributed by atoms with E-state index in [9.17, 15) is 0 Å². The summed E-state index contributed by atoms with van der Waals surface area (Å²) in [5.41, 5.74) is 2.16. The molecule has 0 saturated carbocycles. The van der Waals surface area contributed by atoms with Crippen molar-refractivity contribution in [1.29, 1.82) is 0 Å². The number of likely N-dealkylation sites (tertiary alicyclic amines) is 1. The van der Waals surface area contributed by atoms with Gasteiger partial charge in [-0.1, -0.05) is 13.8 Å². The van der Waals surface area contributed by atoms with Crippen molar-refractivity contribution < 1.29 is 4.74 Å². The first-order chi connectivity index (χ1) is 9.72. The Morgan fingerprint density at radius 3 is 2.40 bits per heavy atom. The lowest BCUT2D eigenvalue weighted by Crippen LogP contribution is -2.36. The molecular formula is C16H29N3O. The summed E-state index contributed by atoms with van der Waals surface area (Å²) in [4.78, 5) is 2.38. The molecule has 114 valence electrons. The van der Waals surface area contributed by atoms with E-state index in [1.807, 2.05) is 20.9 Å². The second kappa shape index (κ2) is 8.69. The van der Waals surface area contributed by atoms with Gasteiger partial charge in [0.15, 0.2) is 0 Å². The molecule has 4 nitrogen and oxygen atoms in total. The molecule has 1 saturated heterocycles. The number of hydrogen-bond acceptors (Lipinski definition) is 4. The fraction of sp³-hybridized carbons (Fsp3) is 0.625. The topological polar surface area (TPSA) is 36.5 Å². The van der Waals surface area contributed by atoms with Gasteiger partial charge >= 0.3 is 0 Å². The fourth-order valence-electron chi connectivity index (χ4n) is 2.38. The van der Waals surface area contributed by atoms with Gasteiger partial charge in [-0.3, -0.25) is 0 Å². The third-order valence-corrected chi connectivity index (χ3v) is 3.56. The first kappa shape index (κ1) is 16.6. The highest BCUT2D eigenvalue weighted by molar-refractivity contribution is 5.63. The number of rotatable bonds is 4. The second-order valence-corrected chi connectivity index (χ2v) is 4.89. The Bertz CT molecular complexity index is 387. The van der Waals surface area contributed by atoms with Gasteiger partial charge < -0.3 is 20.3 Å². The van der Waals surface area contributed by atoms with Gasteiger partial charge in [0.25, 0.3) is 0 Å². The zero-order chi connectivity index (χ0) is 15.0. The van der Waals surface area contributed by atoms with E-state index >= 15 is 0 Å². The maximum Gasteiger partial charge on any atom is 0.143 e. The molecule has 0 radical (unpaired) electrons. The van der Waals surface area contributed by atoms with Crippen LogP contribution in [0, 0.1) is 0 Å². The number of nitrogens with zero attached hydrogens (tertiary/aromatic N) is 1. The van der Waals surface area contributed by atoms with Crippen LogP contribution < -0.4 is 15.4 Å². The van der Waals surface area contributed by atoms with Crippen molar-refractivity contribution in [3.8, 4) is 5.75 Å². The summed E-state index contributed by atoms with van der Waals surface area (Å²) in [6.07, 6.45) is 2.40. The van der Waals surface area contributed by atoms with E-state index < -0.39 is 0 Å². The molecule has 0 aliphatic carbocycles. The molecular weight excluding hydrogens is 250 g/mol. The minimum Gasteiger partial charge on any atom is -0.495 e. The van der Waals surface area contributed by atoms with E-state index in [1.165, 1.54) is 25.9 Å². The number of piperidine rings is 1. The minimum absolute atomic E-state index is 0.575. The number of benzene rings is 1. The van der Waals surface area contributed by atoms with Gasteiger partial charge in [0.2, 0.25) is 0 Å². The Morgan fingerprint density at radius 2 is 1.85 bits per heavy atom. The number of anilines is 2. The predicted molar refractivity (Wildman–Crippen MR) is 88.0 cm³/mol. The average Bonchev–Trinajstić information content (AvgIpc) is 2.51. The van der Waals surface area contributed by atoms with Crippen LogP contribution in [0.2, 0.25) is 0 Å². The zero-order valence-electron chi connectivity index (χ0n) is 13.5. The molecule has 1 aliphatic heterocycles. The Kier molecular flexibility index (Phi) is 7.23. The number of nitrogens with one attached hydrogen (secondary N) is 2. The molecule has 2 N–H and O–H groups in total. The molecule has 1 aliphatic rings. The number of hydrogen-bond donors (Lipinski definition) is 2. The van der Waals surface area contributed by atoms with Crippen LogP contribution in [-0.2, 0) is 0 Å². The molecule has 2 rings (SSSR count). The van der Waals surface area contributed by atoms with Crippen LogP contribution in [0.5, 0.6) is 5.75 Å². The summed E-state index contributed by atoms with van der Waals surface area (Å²) >= 11 is 0. The molecule has 0 amide bonds. The first-order valence-corrected chi connectivity index (χ1v) is 7.54. The fourth-order valence-corrected chi connectivity index (χ4v) is 2.38. The van der Waals surface area contributed by atoms with E-state index in [1.54, 1.807) is 7.11 Å². The lowest BCUT2D eigenvalue weighted by molar-refractivity contribution is 0.264. The van der Waals surface area contributed by atoms with Crippen molar-refractivity contribution in [2.45, 2.75) is 32.7 Å². The summed E-state index contributed by atoms with van der Waals surface area (Å²) in [5.74, 6) is 0.885. The highest BCUT2D eigenvalue weighted by Crippen LogP contribution is 2.28. The van der Waals surface area contributed by atoms with Crippen LogP contribution in [0.25, 0.3) is 0 Å². The van der Waals surface area contributed by atoms with Crippen LogP contribution in [0.15, 0.2) is 18.2 Å². The van der Waals surface area contributed by atoms with E-state index in [0.717, 1.165) is 17.1 Å². The van der Waals surface area contributed by atoms with Gasteiger partial charge in [-0.05, 0) is 45.1 Å². The third-order valence-electron chi connectivity index (χ3n) is 3.56. The highest BCUT2D eigenvalue weighted by atomic mass is 16.5. The molecule has 0 spiro atoms. The SMILES string of the molecule is CC.CNc1ccc(NC2CCN(C)CC2)cc1OC. The summed E-state index contributed by atoms with van der Waals surface area (Å²) in [7, 11) is 5.79. The molecule has 1 aromatic carbocycles. The first-order valence-electron chi connectivity index (χ1n) is 7.54. The molecule has 1 aromatic rings. The lowest BCUT2D eigenvalue weighted by atomic mass is 10.1. The lowest BCUT2D eigenvalue weighted by Gasteiger charge is -2.30. The molecule has 0 atom stereocenters. The maximum absolute atomic E-state index is 5.37. The van der Waals surface area contributed by atoms with Crippen LogP contribution in [-0.4, -0.2) is 45.2 Å². The van der Waals surface area contributed by atoms with Crippen LogP contribution in [0.3, 0.4) is 0 Å². The van der Waals surface area contributed by atoms with Gasteiger partial charge in [-0.25, -0.2) is 0 Å². The Balaban J connectivity index is 0.000000956. The van der Waals surface area contributed by atoms with Crippen LogP contribution >= 0.6 is 0 Å². The van der Waals surface area contributed by atoms with Gasteiger partial charge in [0.05, 0.1) is 12.8 Å². The van der Waals surface area contributed by atoms with Crippen molar-refractivity contribution in [2.75, 3.05) is 44.9 Å². The van der Waals surface area contributed by atoms with Gasteiger partial charge in [-0.15, -0.1) is 0 Å². The molecule has 1 heterocycles. The van der Waals surface area contributed by atoms with Gasteiger partial charge in [0, 0.05) is 24.8 Å². The molecule has 1 fully saturated rings. The van der Waals surface area contributed by atoms with Crippen molar-refractivity contribution >= 4 is 11.4 Å². The van der Waals surface area contributed by atoms with E-state index in [0.29, 0.717) is 6.04 Å². The second-order valence-electron chi connectivity index (χ2n) is 4.89. The van der Waals surface area contributed by atoms with E-state index in [2.05, 4.69) is 40.8 Å². The molecule has 4 heteroatoms. The maximum atomic E-state index is 5.37. The third kappa shape index (κ3) is 4.60. The normalized spacial score (nSPS) is 16.1. The number of methoxy groups -OCH3 is 1. The van der Waals surface area contributed by atoms with Gasteiger partial charge in [-0.2, -0.15) is 0 Å². The highest BCUT2D eigenvalue weighted by Gasteiger charge is 2.16. The summed E-state index contributed by atoms with van der Waals surface area (Å²) in [6.45, 7) is 6.34. The van der Waals surface area contributed by atoms with Gasteiger partial charge in [0.1, 0.15) is 5.75 Å². The minimum atomic E-state index is 0.575. The van der Waals surface area contributed by atoms with Crippen molar-refractivity contribution in [1.82, 2.24) is 4.90 Å². The monoisotopic (exact) mass is 279 g/mol. The van der Waals surface area contributed by atoms with Crippen molar-refractivity contribution in [3.63, 3.8) is 0 Å². The standard InChI is InChI=1S/C14H23N3O.C2H6/c1-15-13-5-4-12(10-14(13)18-3)16-11-6-8-17(2)9-7-11;1-2/h4-5,10-11,15-16H,6-9H2,1-3H3;1-2H3. The van der Waals surface area contributed by atoms with E-state index in [-0.39, 0.29) is 0 Å². The van der Waals surface area contributed by atoms with Crippen LogP contribution in [0.1, 0.15) is 26.7 Å². The summed E-state index contributed by atoms with van der Waals surface area (Å²) in [5, 5.41) is 6.72. The average molecular weight is 279 g/mol. The zero-order valence-corrected chi connectivity index (χ0v) is 13.5. The predicted octanol–water partition coefficient (Wildman–Crippen LogP) is 3.27. The Labute approximate surface area is 123 Å². The molecule has 0 aromatic heterocycles. The molecule has 0 unspecified atom stereocenters. The Morgan fingerprint density at radius 1 is 1.20 bits per heavy atom. The largest absolute Gasteiger partial charge is 0.495 e. The van der Waals surface area contributed by atoms with Crippen LogP contribution in [0.4, 0.5) is 11.4 Å². The Hall–Kier alpha value is -1.42. The summed E-state index contributed by atoms with van der Waals surface area (Å²) < 4.78 is 5.37. The van der Waals surface area contributed by atoms with Crippen molar-refractivity contribution in [2.24, 2.45) is 0 Å². The van der Waals surface area contributed by atoms with E-state index in [4.69, 9.17) is 4.74 Å². The van der Waals surface area contributed by atoms with Crippen molar-refractivity contribution in [3.05, 3.63) is 18.2 Å². The molecule has 20 heavy (non-hydrogen) atoms.